The van der Waals surface area contributed by atoms with Crippen LogP contribution in [-0.2, 0) is 6.42 Å². The van der Waals surface area contributed by atoms with Crippen LogP contribution in [0.4, 0.5) is 0 Å². The smallest absolute Gasteiger partial charge is 0.129 e. The second-order valence-corrected chi connectivity index (χ2v) is 5.42. The van der Waals surface area contributed by atoms with E-state index in [9.17, 15) is 0 Å². The Morgan fingerprint density at radius 3 is 2.41 bits per heavy atom. The maximum absolute atomic E-state index is 4.79. The van der Waals surface area contributed by atoms with E-state index < -0.39 is 0 Å². The summed E-state index contributed by atoms with van der Waals surface area (Å²) in [6.45, 7) is 2.09. The average molecular weight is 284 g/mol. The van der Waals surface area contributed by atoms with Gasteiger partial charge in [0.25, 0.3) is 0 Å². The van der Waals surface area contributed by atoms with E-state index in [0.29, 0.717) is 0 Å². The largest absolute Gasteiger partial charge is 0.233 e. The van der Waals surface area contributed by atoms with Crippen LogP contribution in [0.3, 0.4) is 0 Å². The van der Waals surface area contributed by atoms with Crippen LogP contribution in [0.25, 0.3) is 32.9 Å². The minimum atomic E-state index is 0.839. The first kappa shape index (κ1) is 13.0. The molecule has 0 bridgehead atoms. The van der Waals surface area contributed by atoms with Crippen molar-refractivity contribution in [1.29, 1.82) is 0 Å². The molecular weight excluding hydrogens is 268 g/mol. The summed E-state index contributed by atoms with van der Waals surface area (Å²) in [7, 11) is 0. The third kappa shape index (κ3) is 2.13. The molecule has 106 valence electrons. The van der Waals surface area contributed by atoms with Gasteiger partial charge in [0.15, 0.2) is 0 Å². The molecule has 0 aliphatic heterocycles. The number of benzene rings is 3. The number of fused-ring (bicyclic) bond motifs is 2. The predicted octanol–water partition coefficient (Wildman–Crippen LogP) is 5.01. The fourth-order valence-electron chi connectivity index (χ4n) is 2.84. The second-order valence-electron chi connectivity index (χ2n) is 5.42. The highest BCUT2D eigenvalue weighted by atomic mass is 14.9. The van der Waals surface area contributed by atoms with Crippen LogP contribution in [0.5, 0.6) is 0 Å². The summed E-state index contributed by atoms with van der Waals surface area (Å²) in [5.74, 6) is 0.891. The first-order valence-corrected chi connectivity index (χ1v) is 7.60. The number of hydrogen-bond acceptors (Lipinski definition) is 2. The summed E-state index contributed by atoms with van der Waals surface area (Å²) in [4.78, 5) is 9.42. The van der Waals surface area contributed by atoms with Crippen molar-refractivity contribution in [2.45, 2.75) is 13.3 Å². The Bertz CT molecular complexity index is 973. The maximum Gasteiger partial charge on any atom is 0.129 e. The van der Waals surface area contributed by atoms with Crippen LogP contribution in [0.15, 0.2) is 66.7 Å². The monoisotopic (exact) mass is 284 g/mol. The van der Waals surface area contributed by atoms with Crippen molar-refractivity contribution in [2.24, 2.45) is 0 Å². The van der Waals surface area contributed by atoms with E-state index in [1.165, 1.54) is 10.8 Å². The minimum absolute atomic E-state index is 0.839. The van der Waals surface area contributed by atoms with Crippen molar-refractivity contribution in [3.05, 3.63) is 72.6 Å². The Kier molecular flexibility index (Phi) is 3.08. The lowest BCUT2D eigenvalue weighted by atomic mass is 10.0. The highest BCUT2D eigenvalue weighted by Crippen LogP contribution is 2.28. The summed E-state index contributed by atoms with van der Waals surface area (Å²) < 4.78 is 0. The zero-order valence-corrected chi connectivity index (χ0v) is 12.5. The number of nitrogens with zero attached hydrogens (tertiary/aromatic N) is 2. The lowest BCUT2D eigenvalue weighted by Crippen LogP contribution is -1.97. The van der Waals surface area contributed by atoms with E-state index in [4.69, 9.17) is 4.98 Å². The number of aryl methyl sites for hydroxylation is 1. The fraction of sp³-hybridized carbons (Fsp3) is 0.100. The molecule has 2 heteroatoms. The average Bonchev–Trinajstić information content (AvgIpc) is 2.60. The fourth-order valence-corrected chi connectivity index (χ4v) is 2.84. The molecule has 0 saturated carbocycles. The molecule has 2 nitrogen and oxygen atoms in total. The molecular formula is C20H16N2. The second kappa shape index (κ2) is 5.23. The molecule has 0 unspecified atom stereocenters. The zero-order chi connectivity index (χ0) is 14.9. The van der Waals surface area contributed by atoms with E-state index in [2.05, 4.69) is 66.5 Å². The van der Waals surface area contributed by atoms with E-state index in [-0.39, 0.29) is 0 Å². The summed E-state index contributed by atoms with van der Waals surface area (Å²) in [5, 5.41) is 3.59. The van der Waals surface area contributed by atoms with Gasteiger partial charge in [-0.3, -0.25) is 0 Å². The van der Waals surface area contributed by atoms with Gasteiger partial charge >= 0.3 is 0 Å². The molecule has 0 radical (unpaired) electrons. The van der Waals surface area contributed by atoms with Gasteiger partial charge in [-0.2, -0.15) is 0 Å². The Morgan fingerprint density at radius 2 is 1.55 bits per heavy atom. The Hall–Kier alpha value is -2.74. The molecule has 0 amide bonds. The molecule has 0 spiro atoms. The van der Waals surface area contributed by atoms with Crippen LogP contribution >= 0.6 is 0 Å². The van der Waals surface area contributed by atoms with E-state index in [0.717, 1.165) is 34.4 Å². The summed E-state index contributed by atoms with van der Waals surface area (Å²) in [6, 6.07) is 23.2. The van der Waals surface area contributed by atoms with Gasteiger partial charge in [-0.15, -0.1) is 0 Å². The van der Waals surface area contributed by atoms with Gasteiger partial charge in [0, 0.05) is 17.4 Å². The molecule has 4 aromatic rings. The lowest BCUT2D eigenvalue weighted by molar-refractivity contribution is 0.964. The quantitative estimate of drug-likeness (QED) is 0.517. The van der Waals surface area contributed by atoms with Crippen LogP contribution in [0, 0.1) is 0 Å². The number of rotatable bonds is 2. The Labute approximate surface area is 129 Å². The van der Waals surface area contributed by atoms with Gasteiger partial charge in [0.1, 0.15) is 5.82 Å². The zero-order valence-electron chi connectivity index (χ0n) is 12.5. The minimum Gasteiger partial charge on any atom is -0.233 e. The van der Waals surface area contributed by atoms with Crippen molar-refractivity contribution in [2.75, 3.05) is 0 Å². The van der Waals surface area contributed by atoms with Crippen molar-refractivity contribution in [3.63, 3.8) is 0 Å². The van der Waals surface area contributed by atoms with Gasteiger partial charge in [-0.25, -0.2) is 9.97 Å². The first-order chi connectivity index (χ1) is 10.8. The van der Waals surface area contributed by atoms with Crippen LogP contribution < -0.4 is 0 Å². The van der Waals surface area contributed by atoms with Crippen LogP contribution in [0.2, 0.25) is 0 Å². The maximum atomic E-state index is 4.79. The van der Waals surface area contributed by atoms with Gasteiger partial charge in [-0.05, 0) is 22.9 Å². The van der Waals surface area contributed by atoms with E-state index in [1.807, 2.05) is 12.1 Å². The molecule has 0 fully saturated rings. The van der Waals surface area contributed by atoms with Crippen molar-refractivity contribution in [3.8, 4) is 11.3 Å². The first-order valence-electron chi connectivity index (χ1n) is 7.60. The molecule has 0 aliphatic rings. The van der Waals surface area contributed by atoms with Gasteiger partial charge in [0.2, 0.25) is 0 Å². The Morgan fingerprint density at radius 1 is 0.773 bits per heavy atom. The van der Waals surface area contributed by atoms with Crippen molar-refractivity contribution in [1.82, 2.24) is 9.97 Å². The number of para-hydroxylation sites is 1. The summed E-state index contributed by atoms with van der Waals surface area (Å²) >= 11 is 0. The van der Waals surface area contributed by atoms with Gasteiger partial charge in [0.05, 0.1) is 11.2 Å². The van der Waals surface area contributed by atoms with Gasteiger partial charge in [-0.1, -0.05) is 61.5 Å². The standard InChI is InChI=1S/C20H16N2/c1-2-19-21-18-10-6-5-9-17(18)20(22-19)16-12-11-14-7-3-4-8-15(14)13-16/h3-13H,2H2,1H3. The molecule has 0 atom stereocenters. The third-order valence-corrected chi connectivity index (χ3v) is 3.99. The number of hydrogen-bond donors (Lipinski definition) is 0. The topological polar surface area (TPSA) is 25.8 Å². The predicted molar refractivity (Wildman–Crippen MR) is 91.9 cm³/mol. The SMILES string of the molecule is CCc1nc(-c2ccc3ccccc3c2)c2ccccc2n1. The normalized spacial score (nSPS) is 11.1. The lowest BCUT2D eigenvalue weighted by Gasteiger charge is -2.09. The van der Waals surface area contributed by atoms with Gasteiger partial charge < -0.3 is 0 Å². The molecule has 0 N–H and O–H groups in total. The highest BCUT2D eigenvalue weighted by molar-refractivity contribution is 5.95. The van der Waals surface area contributed by atoms with Crippen LogP contribution in [0.1, 0.15) is 12.7 Å². The summed E-state index contributed by atoms with van der Waals surface area (Å²) in [5.41, 5.74) is 3.18. The molecule has 0 saturated heterocycles. The van der Waals surface area contributed by atoms with Crippen molar-refractivity contribution < 1.29 is 0 Å². The summed E-state index contributed by atoms with van der Waals surface area (Å²) in [6.07, 6.45) is 0.839. The van der Waals surface area contributed by atoms with E-state index in [1.54, 1.807) is 0 Å². The third-order valence-electron chi connectivity index (χ3n) is 3.99. The number of aromatic nitrogens is 2. The molecule has 0 aliphatic carbocycles. The molecule has 4 rings (SSSR count). The van der Waals surface area contributed by atoms with Crippen molar-refractivity contribution >= 4 is 21.7 Å². The molecule has 3 aromatic carbocycles. The van der Waals surface area contributed by atoms with E-state index >= 15 is 0 Å². The van der Waals surface area contributed by atoms with Crippen LogP contribution in [-0.4, -0.2) is 9.97 Å². The highest BCUT2D eigenvalue weighted by Gasteiger charge is 2.09. The molecule has 22 heavy (non-hydrogen) atoms. The molecule has 1 aromatic heterocycles. The molecule has 1 heterocycles. The Balaban J connectivity index is 2.02.